The van der Waals surface area contributed by atoms with Gasteiger partial charge in [-0.15, -0.1) is 0 Å². The van der Waals surface area contributed by atoms with Crippen molar-refractivity contribution in [2.45, 2.75) is 31.9 Å². The number of para-hydroxylation sites is 1. The van der Waals surface area contributed by atoms with Crippen molar-refractivity contribution in [3.05, 3.63) is 94.9 Å². The van der Waals surface area contributed by atoms with Gasteiger partial charge in [0.25, 0.3) is 5.91 Å². The molecule has 6 nitrogen and oxygen atoms in total. The number of hydrogen-bond acceptors (Lipinski definition) is 4. The molecule has 1 aliphatic heterocycles. The Morgan fingerprint density at radius 3 is 2.63 bits per heavy atom. The van der Waals surface area contributed by atoms with E-state index in [0.29, 0.717) is 24.1 Å². The number of amides is 1. The molecule has 1 amide bonds. The molecule has 35 heavy (non-hydrogen) atoms. The lowest BCUT2D eigenvalue weighted by atomic mass is 10.0. The van der Waals surface area contributed by atoms with Gasteiger partial charge in [-0.3, -0.25) is 4.79 Å². The van der Waals surface area contributed by atoms with Gasteiger partial charge in [-0.1, -0.05) is 12.1 Å². The number of rotatable bonds is 6. The monoisotopic (exact) mass is 480 g/mol. The minimum absolute atomic E-state index is 0.0815. The predicted octanol–water partition coefficient (Wildman–Crippen LogP) is 5.37. The first kappa shape index (κ1) is 22.9. The molecule has 3 aromatic carbocycles. The molecule has 0 bridgehead atoms. The summed E-state index contributed by atoms with van der Waals surface area (Å²) in [7, 11) is 0. The van der Waals surface area contributed by atoms with Gasteiger partial charge in [0, 0.05) is 18.1 Å². The minimum atomic E-state index is -0.627. The highest BCUT2D eigenvalue weighted by molar-refractivity contribution is 6.05. The molecule has 1 atom stereocenters. The number of fused-ring (bicyclic) bond motifs is 1. The van der Waals surface area contributed by atoms with Crippen molar-refractivity contribution >= 4 is 22.5 Å². The summed E-state index contributed by atoms with van der Waals surface area (Å²) in [5.41, 5.74) is 4.86. The molecule has 0 aliphatic carbocycles. The second-order valence-electron chi connectivity index (χ2n) is 8.51. The quantitative estimate of drug-likeness (QED) is 0.390. The molecule has 5 rings (SSSR count). The average molecular weight is 480 g/mol. The number of aromatic nitrogens is 2. The zero-order valence-electron chi connectivity index (χ0n) is 18.7. The predicted molar refractivity (Wildman–Crippen MR) is 126 cm³/mol. The van der Waals surface area contributed by atoms with Crippen LogP contribution in [0.25, 0.3) is 10.9 Å². The molecule has 2 heterocycles. The van der Waals surface area contributed by atoms with E-state index in [2.05, 4.69) is 15.8 Å². The minimum Gasteiger partial charge on any atom is -0.359 e. The lowest BCUT2D eigenvalue weighted by Gasteiger charge is -2.25. The second kappa shape index (κ2) is 9.79. The van der Waals surface area contributed by atoms with E-state index in [1.54, 1.807) is 18.3 Å². The van der Waals surface area contributed by atoms with Crippen molar-refractivity contribution in [3.8, 4) is 0 Å². The molecule has 9 heteroatoms. The molecule has 1 aliphatic rings. The Hall–Kier alpha value is -3.85. The maximum atomic E-state index is 14.6. The van der Waals surface area contributed by atoms with Crippen molar-refractivity contribution in [1.82, 2.24) is 9.89 Å². The number of nitrogens with one attached hydrogen (secondary N) is 2. The van der Waals surface area contributed by atoms with Crippen molar-refractivity contribution in [2.75, 3.05) is 17.3 Å². The van der Waals surface area contributed by atoms with E-state index in [9.17, 15) is 18.0 Å². The maximum Gasteiger partial charge on any atom is 0.273 e. The Kier molecular flexibility index (Phi) is 6.41. The van der Waals surface area contributed by atoms with E-state index in [1.807, 2.05) is 6.07 Å². The van der Waals surface area contributed by atoms with Gasteiger partial charge in [-0.05, 0) is 73.2 Å². The third kappa shape index (κ3) is 5.14. The Morgan fingerprint density at radius 1 is 1.03 bits per heavy atom. The highest BCUT2D eigenvalue weighted by atomic mass is 19.1. The number of hydrogen-bond donors (Lipinski definition) is 2. The normalized spacial score (nSPS) is 15.8. The van der Waals surface area contributed by atoms with Gasteiger partial charge in [-0.25, -0.2) is 18.6 Å². The van der Waals surface area contributed by atoms with Crippen LogP contribution in [-0.2, 0) is 11.2 Å². The van der Waals surface area contributed by atoms with Crippen LogP contribution in [0.1, 0.15) is 40.7 Å². The molecule has 1 unspecified atom stereocenters. The van der Waals surface area contributed by atoms with E-state index in [-0.39, 0.29) is 17.5 Å². The van der Waals surface area contributed by atoms with E-state index >= 15 is 0 Å². The van der Waals surface area contributed by atoms with Gasteiger partial charge in [0.1, 0.15) is 23.7 Å². The van der Waals surface area contributed by atoms with Gasteiger partial charge in [0.2, 0.25) is 0 Å². The molecule has 0 spiro atoms. The summed E-state index contributed by atoms with van der Waals surface area (Å²) in [6.45, 7) is 0.586. The summed E-state index contributed by atoms with van der Waals surface area (Å²) in [6, 6.07) is 13.1. The van der Waals surface area contributed by atoms with Crippen LogP contribution < -0.4 is 10.7 Å². The highest BCUT2D eigenvalue weighted by Gasteiger charge is 2.21. The van der Waals surface area contributed by atoms with E-state index < -0.39 is 23.4 Å². The van der Waals surface area contributed by atoms with Crippen molar-refractivity contribution < 1.29 is 22.7 Å². The van der Waals surface area contributed by atoms with Crippen LogP contribution >= 0.6 is 0 Å². The zero-order chi connectivity index (χ0) is 24.4. The number of carbonyl (C=O) groups excluding carboxylic acids is 1. The summed E-state index contributed by atoms with van der Waals surface area (Å²) in [5.74, 6) is -2.33. The van der Waals surface area contributed by atoms with Crippen LogP contribution in [0.2, 0.25) is 0 Å². The first-order valence-corrected chi connectivity index (χ1v) is 11.4. The molecule has 4 aromatic rings. The van der Waals surface area contributed by atoms with Crippen molar-refractivity contribution in [1.29, 1.82) is 0 Å². The van der Waals surface area contributed by atoms with Gasteiger partial charge in [0.05, 0.1) is 23.0 Å². The van der Waals surface area contributed by atoms with Crippen molar-refractivity contribution in [2.24, 2.45) is 0 Å². The number of anilines is 1. The smallest absolute Gasteiger partial charge is 0.273 e. The fourth-order valence-electron chi connectivity index (χ4n) is 4.26. The molecule has 1 aromatic heterocycles. The molecule has 2 N–H and O–H groups in total. The number of carbonyl (C=O) groups is 1. The standard InChI is InChI=1S/C26H23F3N4O2/c27-19-12-17(13-20(28)14-19)10-16-7-8-23-18(11-16)15-30-33(23)32-26(34)21-4-3-5-22(29)25(21)31-24-6-1-2-9-35-24/h3-5,7-8,11-15,24,31H,1-2,6,9-10H2,(H,32,34). The van der Waals surface area contributed by atoms with Crippen LogP contribution in [0.4, 0.5) is 18.9 Å². The second-order valence-corrected chi connectivity index (χ2v) is 8.51. The van der Waals surface area contributed by atoms with E-state index in [0.717, 1.165) is 36.3 Å². The topological polar surface area (TPSA) is 68.2 Å². The Balaban J connectivity index is 1.35. The fourth-order valence-corrected chi connectivity index (χ4v) is 4.26. The van der Waals surface area contributed by atoms with Crippen molar-refractivity contribution in [3.63, 3.8) is 0 Å². The number of benzene rings is 3. The summed E-state index contributed by atoms with van der Waals surface area (Å²) in [5, 5.41) is 7.97. The summed E-state index contributed by atoms with van der Waals surface area (Å²) < 4.78 is 47.2. The molecule has 180 valence electrons. The van der Waals surface area contributed by atoms with Crippen LogP contribution in [0.3, 0.4) is 0 Å². The Labute approximate surface area is 199 Å². The van der Waals surface area contributed by atoms with E-state index in [1.165, 1.54) is 35.1 Å². The van der Waals surface area contributed by atoms with Gasteiger partial charge < -0.3 is 10.1 Å². The summed E-state index contributed by atoms with van der Waals surface area (Å²) in [4.78, 5) is 14.4. The van der Waals surface area contributed by atoms with Gasteiger partial charge >= 0.3 is 0 Å². The van der Waals surface area contributed by atoms with Crippen LogP contribution in [0.15, 0.2) is 60.8 Å². The molecular weight excluding hydrogens is 457 g/mol. The van der Waals surface area contributed by atoms with Crippen LogP contribution in [0, 0.1) is 17.5 Å². The zero-order valence-corrected chi connectivity index (χ0v) is 18.7. The first-order chi connectivity index (χ1) is 17.0. The largest absolute Gasteiger partial charge is 0.359 e. The van der Waals surface area contributed by atoms with Crippen LogP contribution in [0.5, 0.6) is 0 Å². The highest BCUT2D eigenvalue weighted by Crippen LogP contribution is 2.25. The number of nitrogens with zero attached hydrogens (tertiary/aromatic N) is 2. The molecule has 1 fully saturated rings. The van der Waals surface area contributed by atoms with Gasteiger partial charge in [-0.2, -0.15) is 9.89 Å². The number of ether oxygens (including phenoxy) is 1. The number of halogens is 3. The average Bonchev–Trinajstić information content (AvgIpc) is 3.22. The van der Waals surface area contributed by atoms with E-state index in [4.69, 9.17) is 4.74 Å². The Morgan fingerprint density at radius 2 is 1.86 bits per heavy atom. The lowest BCUT2D eigenvalue weighted by molar-refractivity contribution is 0.0341. The van der Waals surface area contributed by atoms with Gasteiger partial charge in [0.15, 0.2) is 0 Å². The fraction of sp³-hybridized carbons (Fsp3) is 0.231. The Bertz CT molecular complexity index is 1360. The first-order valence-electron chi connectivity index (χ1n) is 11.4. The molecule has 0 saturated carbocycles. The summed E-state index contributed by atoms with van der Waals surface area (Å²) >= 11 is 0. The molecular formula is C26H23F3N4O2. The third-order valence-corrected chi connectivity index (χ3v) is 5.91. The lowest BCUT2D eigenvalue weighted by Crippen LogP contribution is -2.30. The maximum absolute atomic E-state index is 14.6. The SMILES string of the molecule is O=C(Nn1ncc2cc(Cc3cc(F)cc(F)c3)ccc21)c1cccc(F)c1NC1CCCCO1. The summed E-state index contributed by atoms with van der Waals surface area (Å²) in [6.07, 6.45) is 4.20. The molecule has 1 saturated heterocycles. The van der Waals surface area contributed by atoms with Crippen LogP contribution in [-0.4, -0.2) is 28.6 Å². The molecule has 0 radical (unpaired) electrons. The third-order valence-electron chi connectivity index (χ3n) is 5.91.